The molecule has 1 saturated heterocycles. The number of carbonyl (C=O) groups is 2. The lowest BCUT2D eigenvalue weighted by Crippen LogP contribution is -2.48. The smallest absolute Gasteiger partial charge is 0.324 e. The van der Waals surface area contributed by atoms with Crippen LogP contribution in [-0.4, -0.2) is 58.7 Å². The Morgan fingerprint density at radius 2 is 1.95 bits per heavy atom. The molecule has 2 atom stereocenters. The molecule has 2 aliphatic heterocycles. The predicted octanol–water partition coefficient (Wildman–Crippen LogP) is 2.59. The SMILES string of the molecule is Cn1oc(=O)nc1-c1ccc(NC(=O)[C@@H]2CCC3CC(c4c(-n5cnnn5)ccc(Cl)c4F)=CC(=O)N32)cc1. The van der Waals surface area contributed by atoms with Crippen LogP contribution in [0, 0.1) is 5.82 Å². The number of anilines is 1. The third-order valence-corrected chi connectivity index (χ3v) is 7.22. The summed E-state index contributed by atoms with van der Waals surface area (Å²) < 4.78 is 22.7. The van der Waals surface area contributed by atoms with Gasteiger partial charge in [0.05, 0.1) is 10.7 Å². The van der Waals surface area contributed by atoms with Crippen LogP contribution in [0.2, 0.25) is 5.02 Å². The number of halogens is 2. The Labute approximate surface area is 224 Å². The van der Waals surface area contributed by atoms with Gasteiger partial charge in [-0.15, -0.1) is 5.10 Å². The summed E-state index contributed by atoms with van der Waals surface area (Å²) in [4.78, 5) is 43.2. The van der Waals surface area contributed by atoms with Crippen molar-refractivity contribution in [2.24, 2.45) is 7.05 Å². The van der Waals surface area contributed by atoms with Gasteiger partial charge in [0.25, 0.3) is 0 Å². The molecule has 2 aromatic carbocycles. The molecule has 14 heteroatoms. The van der Waals surface area contributed by atoms with Crippen molar-refractivity contribution in [3.05, 3.63) is 75.8 Å². The number of aryl methyl sites for hydroxylation is 1. The van der Waals surface area contributed by atoms with Crippen LogP contribution in [0.4, 0.5) is 10.1 Å². The second-order valence-corrected chi connectivity index (χ2v) is 9.64. The normalized spacial score (nSPS) is 18.7. The highest BCUT2D eigenvalue weighted by atomic mass is 35.5. The Hall–Kier alpha value is -4.65. The maximum absolute atomic E-state index is 15.2. The Bertz CT molecular complexity index is 1680. The van der Waals surface area contributed by atoms with Crippen molar-refractivity contribution >= 4 is 34.7 Å². The molecule has 1 unspecified atom stereocenters. The number of fused-ring (bicyclic) bond motifs is 1. The summed E-state index contributed by atoms with van der Waals surface area (Å²) in [6.45, 7) is 0. The van der Waals surface area contributed by atoms with Crippen LogP contribution in [0.25, 0.3) is 22.6 Å². The van der Waals surface area contributed by atoms with Gasteiger partial charge in [0, 0.05) is 36.0 Å². The summed E-state index contributed by atoms with van der Waals surface area (Å²) >= 11 is 6.07. The minimum absolute atomic E-state index is 0.0851. The lowest BCUT2D eigenvalue weighted by atomic mass is 9.92. The van der Waals surface area contributed by atoms with Gasteiger partial charge in [-0.05, 0) is 71.7 Å². The highest BCUT2D eigenvalue weighted by Gasteiger charge is 2.43. The first-order chi connectivity index (χ1) is 18.8. The van der Waals surface area contributed by atoms with Crippen molar-refractivity contribution in [3.8, 4) is 17.1 Å². The fourth-order valence-electron chi connectivity index (χ4n) is 5.21. The molecule has 4 aromatic rings. The third kappa shape index (κ3) is 4.40. The molecular weight excluding hydrogens is 531 g/mol. The Morgan fingerprint density at radius 3 is 2.64 bits per heavy atom. The number of rotatable bonds is 5. The van der Waals surface area contributed by atoms with Crippen molar-refractivity contribution < 1.29 is 18.5 Å². The minimum atomic E-state index is -0.700. The molecule has 0 radical (unpaired) electrons. The van der Waals surface area contributed by atoms with Crippen molar-refractivity contribution in [1.29, 1.82) is 0 Å². The van der Waals surface area contributed by atoms with Crippen LogP contribution in [0.1, 0.15) is 24.8 Å². The molecule has 0 saturated carbocycles. The van der Waals surface area contributed by atoms with Crippen LogP contribution >= 0.6 is 11.6 Å². The first-order valence-corrected chi connectivity index (χ1v) is 12.4. The first-order valence-electron chi connectivity index (χ1n) is 12.0. The second kappa shape index (κ2) is 9.58. The Kier molecular flexibility index (Phi) is 6.06. The van der Waals surface area contributed by atoms with E-state index in [9.17, 15) is 14.4 Å². The molecule has 198 valence electrons. The molecule has 6 rings (SSSR count). The molecular formula is C25H20ClFN8O4. The number of amides is 2. The molecule has 39 heavy (non-hydrogen) atoms. The largest absolute Gasteiger partial charge is 0.460 e. The summed E-state index contributed by atoms with van der Waals surface area (Å²) in [6, 6.07) is 8.79. The zero-order chi connectivity index (χ0) is 27.3. The lowest BCUT2D eigenvalue weighted by molar-refractivity contribution is -0.135. The van der Waals surface area contributed by atoms with E-state index in [0.717, 1.165) is 0 Å². The van der Waals surface area contributed by atoms with E-state index in [0.29, 0.717) is 47.6 Å². The summed E-state index contributed by atoms with van der Waals surface area (Å²) in [5.41, 5.74) is 2.13. The summed E-state index contributed by atoms with van der Waals surface area (Å²) in [5.74, 6) is -1.72. The van der Waals surface area contributed by atoms with Gasteiger partial charge in [0.15, 0.2) is 11.6 Å². The van der Waals surface area contributed by atoms with Crippen LogP contribution in [0.5, 0.6) is 0 Å². The molecule has 2 aliphatic rings. The Balaban J connectivity index is 1.22. The second-order valence-electron chi connectivity index (χ2n) is 9.23. The van der Waals surface area contributed by atoms with Gasteiger partial charge in [-0.1, -0.05) is 11.6 Å². The zero-order valence-corrected chi connectivity index (χ0v) is 21.2. The van der Waals surface area contributed by atoms with E-state index in [4.69, 9.17) is 16.1 Å². The maximum atomic E-state index is 15.2. The van der Waals surface area contributed by atoms with Crippen LogP contribution in [0.3, 0.4) is 0 Å². The van der Waals surface area contributed by atoms with E-state index in [1.165, 1.54) is 27.9 Å². The maximum Gasteiger partial charge on any atom is 0.460 e. The van der Waals surface area contributed by atoms with Gasteiger partial charge in [-0.2, -0.15) is 14.4 Å². The molecule has 0 aliphatic carbocycles. The highest BCUT2D eigenvalue weighted by molar-refractivity contribution is 6.31. The molecule has 12 nitrogen and oxygen atoms in total. The van der Waals surface area contributed by atoms with Gasteiger partial charge in [-0.3, -0.25) is 9.59 Å². The molecule has 1 N–H and O–H groups in total. The van der Waals surface area contributed by atoms with Gasteiger partial charge in [0.2, 0.25) is 11.8 Å². The summed E-state index contributed by atoms with van der Waals surface area (Å²) in [7, 11) is 1.57. The fourth-order valence-corrected chi connectivity index (χ4v) is 5.36. The van der Waals surface area contributed by atoms with E-state index >= 15 is 4.39 Å². The van der Waals surface area contributed by atoms with Crippen LogP contribution < -0.4 is 11.1 Å². The van der Waals surface area contributed by atoms with E-state index in [1.54, 1.807) is 42.3 Å². The number of aromatic nitrogens is 6. The van der Waals surface area contributed by atoms with Crippen LogP contribution in [0.15, 0.2) is 58.1 Å². The standard InChI is InChI=1S/C25H20ClFN8O4/c1-33-23(30-25(38)39-33)13-2-4-15(5-3-13)29-24(37)19-8-6-16-10-14(11-20(36)35(16)19)21-18(34-12-28-31-32-34)9-7-17(26)22(21)27/h2-5,7,9,11-12,16,19H,6,8,10H2,1H3,(H,29,37)/t16?,19-/m0/s1. The van der Waals surface area contributed by atoms with E-state index < -0.39 is 17.6 Å². The molecule has 1 fully saturated rings. The van der Waals surface area contributed by atoms with Gasteiger partial charge >= 0.3 is 5.76 Å². The summed E-state index contributed by atoms with van der Waals surface area (Å²) in [6.07, 6.45) is 4.05. The number of tetrazole rings is 1. The average Bonchev–Trinajstić information content (AvgIpc) is 3.66. The lowest BCUT2D eigenvalue weighted by Gasteiger charge is -2.33. The first kappa shape index (κ1) is 24.7. The summed E-state index contributed by atoms with van der Waals surface area (Å²) in [5, 5.41) is 13.8. The molecule has 0 bridgehead atoms. The number of nitrogens with one attached hydrogen (secondary N) is 1. The molecule has 2 aromatic heterocycles. The van der Waals surface area contributed by atoms with E-state index in [1.807, 2.05) is 0 Å². The topological polar surface area (TPSA) is 141 Å². The third-order valence-electron chi connectivity index (χ3n) is 6.92. The van der Waals surface area contributed by atoms with Crippen molar-refractivity contribution in [2.75, 3.05) is 5.32 Å². The van der Waals surface area contributed by atoms with Gasteiger partial charge in [-0.25, -0.2) is 9.18 Å². The fraction of sp³-hybridized carbons (Fsp3) is 0.240. The molecule has 0 spiro atoms. The number of hydrogen-bond donors (Lipinski definition) is 1. The number of hydrogen-bond acceptors (Lipinski definition) is 8. The highest BCUT2D eigenvalue weighted by Crippen LogP contribution is 2.40. The quantitative estimate of drug-likeness (QED) is 0.400. The van der Waals surface area contributed by atoms with Gasteiger partial charge in [0.1, 0.15) is 12.4 Å². The number of benzene rings is 2. The van der Waals surface area contributed by atoms with E-state index in [2.05, 4.69) is 25.8 Å². The molecule has 2 amide bonds. The number of nitrogens with zero attached hydrogens (tertiary/aromatic N) is 7. The predicted molar refractivity (Wildman–Crippen MR) is 136 cm³/mol. The average molecular weight is 551 g/mol. The molecule has 4 heterocycles. The van der Waals surface area contributed by atoms with Crippen molar-refractivity contribution in [1.82, 2.24) is 34.8 Å². The Morgan fingerprint density at radius 1 is 1.15 bits per heavy atom. The monoisotopic (exact) mass is 550 g/mol. The number of carbonyl (C=O) groups excluding carboxylic acids is 2. The van der Waals surface area contributed by atoms with Crippen LogP contribution in [-0.2, 0) is 16.6 Å². The van der Waals surface area contributed by atoms with Crippen molar-refractivity contribution in [2.45, 2.75) is 31.3 Å². The van der Waals surface area contributed by atoms with E-state index in [-0.39, 0.29) is 28.4 Å². The van der Waals surface area contributed by atoms with Crippen molar-refractivity contribution in [3.63, 3.8) is 0 Å². The zero-order valence-electron chi connectivity index (χ0n) is 20.4. The minimum Gasteiger partial charge on any atom is -0.324 e. The van der Waals surface area contributed by atoms with Gasteiger partial charge < -0.3 is 14.7 Å².